The third kappa shape index (κ3) is 3.08. The van der Waals surface area contributed by atoms with Crippen LogP contribution in [0.25, 0.3) is 0 Å². The average Bonchev–Trinajstić information content (AvgIpc) is 2.79. The first-order chi connectivity index (χ1) is 9.67. The molecule has 0 aliphatic rings. The predicted octanol–water partition coefficient (Wildman–Crippen LogP) is 1.19. The van der Waals surface area contributed by atoms with Gasteiger partial charge in [0.05, 0.1) is 27.4 Å². The zero-order valence-corrected chi connectivity index (χ0v) is 12.0. The van der Waals surface area contributed by atoms with E-state index in [9.17, 15) is 0 Å². The molecule has 0 aliphatic heterocycles. The third-order valence-corrected chi connectivity index (χ3v) is 3.02. The maximum absolute atomic E-state index is 8.95. The third-order valence-electron chi connectivity index (χ3n) is 3.02. The molecule has 6 heteroatoms. The van der Waals surface area contributed by atoms with Gasteiger partial charge in [0.25, 0.3) is 0 Å². The summed E-state index contributed by atoms with van der Waals surface area (Å²) in [6.45, 7) is 2.39. The lowest BCUT2D eigenvalue weighted by atomic mass is 10.1. The van der Waals surface area contributed by atoms with Gasteiger partial charge in [-0.3, -0.25) is 0 Å². The van der Waals surface area contributed by atoms with E-state index in [1.165, 1.54) is 0 Å². The van der Waals surface area contributed by atoms with Gasteiger partial charge in [0.15, 0.2) is 17.3 Å². The summed E-state index contributed by atoms with van der Waals surface area (Å²) in [5.74, 6) is 2.92. The molecule has 6 nitrogen and oxygen atoms in total. The van der Waals surface area contributed by atoms with E-state index < -0.39 is 0 Å². The minimum absolute atomic E-state index is 0.0556. The first-order valence-electron chi connectivity index (χ1n) is 6.40. The van der Waals surface area contributed by atoms with Crippen LogP contribution in [-0.2, 0) is 13.0 Å². The summed E-state index contributed by atoms with van der Waals surface area (Å²) in [7, 11) is 3.22. The van der Waals surface area contributed by atoms with Crippen LogP contribution < -0.4 is 9.47 Å². The van der Waals surface area contributed by atoms with E-state index in [2.05, 4.69) is 10.1 Å². The summed E-state index contributed by atoms with van der Waals surface area (Å²) in [5.41, 5.74) is 1.05. The van der Waals surface area contributed by atoms with E-state index >= 15 is 0 Å². The van der Waals surface area contributed by atoms with Crippen molar-refractivity contribution in [1.29, 1.82) is 0 Å². The molecule has 1 aromatic heterocycles. The fourth-order valence-corrected chi connectivity index (χ4v) is 2.03. The summed E-state index contributed by atoms with van der Waals surface area (Å²) in [6, 6.07) is 5.75. The zero-order chi connectivity index (χ0) is 14.5. The Morgan fingerprint density at radius 1 is 1.20 bits per heavy atom. The molecule has 0 saturated carbocycles. The van der Waals surface area contributed by atoms with Gasteiger partial charge in [-0.15, -0.1) is 0 Å². The Labute approximate surface area is 118 Å². The van der Waals surface area contributed by atoms with Crippen molar-refractivity contribution in [2.45, 2.75) is 19.9 Å². The molecule has 108 valence electrons. The molecular formula is C14H19N3O3. The van der Waals surface area contributed by atoms with Crippen molar-refractivity contribution in [2.24, 2.45) is 0 Å². The van der Waals surface area contributed by atoms with Crippen molar-refractivity contribution in [3.8, 4) is 11.5 Å². The number of aliphatic hydroxyl groups excluding tert-OH is 1. The van der Waals surface area contributed by atoms with Gasteiger partial charge in [0.1, 0.15) is 5.82 Å². The van der Waals surface area contributed by atoms with Crippen LogP contribution in [0.3, 0.4) is 0 Å². The molecule has 2 aromatic rings. The molecule has 0 spiro atoms. The van der Waals surface area contributed by atoms with Gasteiger partial charge in [-0.2, -0.15) is 5.10 Å². The minimum atomic E-state index is 0.0556. The number of nitrogens with zero attached hydrogens (tertiary/aromatic N) is 3. The Balaban J connectivity index is 2.19. The van der Waals surface area contributed by atoms with Gasteiger partial charge >= 0.3 is 0 Å². The van der Waals surface area contributed by atoms with Crippen molar-refractivity contribution in [3.63, 3.8) is 0 Å². The topological polar surface area (TPSA) is 69.4 Å². The Bertz CT molecular complexity index is 581. The molecule has 1 aromatic carbocycles. The van der Waals surface area contributed by atoms with Crippen LogP contribution in [0.1, 0.15) is 17.2 Å². The highest BCUT2D eigenvalue weighted by molar-refractivity contribution is 5.43. The van der Waals surface area contributed by atoms with Gasteiger partial charge in [0.2, 0.25) is 0 Å². The molecule has 0 radical (unpaired) electrons. The molecule has 2 rings (SSSR count). The van der Waals surface area contributed by atoms with E-state index in [-0.39, 0.29) is 6.61 Å². The number of aliphatic hydroxyl groups is 1. The number of rotatable bonds is 6. The van der Waals surface area contributed by atoms with Crippen LogP contribution in [-0.4, -0.2) is 40.7 Å². The summed E-state index contributed by atoms with van der Waals surface area (Å²) in [6.07, 6.45) is 0.611. The number of methoxy groups -OCH3 is 2. The number of hydrogen-bond acceptors (Lipinski definition) is 5. The van der Waals surface area contributed by atoms with Gasteiger partial charge in [-0.05, 0) is 24.6 Å². The number of aryl methyl sites for hydroxylation is 1. The summed E-state index contributed by atoms with van der Waals surface area (Å²) < 4.78 is 12.2. The first-order valence-corrected chi connectivity index (χ1v) is 6.40. The molecule has 20 heavy (non-hydrogen) atoms. The molecule has 0 amide bonds. The van der Waals surface area contributed by atoms with Crippen LogP contribution in [0.4, 0.5) is 0 Å². The Morgan fingerprint density at radius 3 is 2.60 bits per heavy atom. The van der Waals surface area contributed by atoms with E-state index in [4.69, 9.17) is 14.6 Å². The van der Waals surface area contributed by atoms with Gasteiger partial charge in [0, 0.05) is 6.42 Å². The maximum atomic E-state index is 8.95. The Kier molecular flexibility index (Phi) is 4.57. The van der Waals surface area contributed by atoms with Crippen molar-refractivity contribution in [3.05, 3.63) is 35.4 Å². The average molecular weight is 277 g/mol. The van der Waals surface area contributed by atoms with E-state index in [1.807, 2.05) is 25.1 Å². The number of hydrogen-bond donors (Lipinski definition) is 1. The molecule has 1 heterocycles. The van der Waals surface area contributed by atoms with Crippen molar-refractivity contribution in [1.82, 2.24) is 14.8 Å². The smallest absolute Gasteiger partial charge is 0.161 e. The van der Waals surface area contributed by atoms with Gasteiger partial charge < -0.3 is 14.6 Å². The van der Waals surface area contributed by atoms with Crippen LogP contribution >= 0.6 is 0 Å². The van der Waals surface area contributed by atoms with Crippen LogP contribution in [0.2, 0.25) is 0 Å². The van der Waals surface area contributed by atoms with Gasteiger partial charge in [-0.1, -0.05) is 6.07 Å². The molecule has 0 unspecified atom stereocenters. The number of aromatic nitrogens is 3. The minimum Gasteiger partial charge on any atom is -0.493 e. The lowest BCUT2D eigenvalue weighted by Gasteiger charge is -2.08. The molecule has 0 saturated heterocycles. The molecular weight excluding hydrogens is 258 g/mol. The molecule has 0 aliphatic carbocycles. The zero-order valence-electron chi connectivity index (χ0n) is 12.0. The normalized spacial score (nSPS) is 10.6. The Hall–Kier alpha value is -2.08. The molecule has 0 bridgehead atoms. The largest absolute Gasteiger partial charge is 0.493 e. The molecule has 0 fully saturated rings. The standard InChI is InChI=1S/C14H19N3O3/c1-10-15-14(16-17(10)6-7-18)9-11-4-5-12(19-2)13(8-11)20-3/h4-5,8,18H,6-7,9H2,1-3H3. The quantitative estimate of drug-likeness (QED) is 0.859. The maximum Gasteiger partial charge on any atom is 0.161 e. The van der Waals surface area contributed by atoms with Crippen LogP contribution in [0, 0.1) is 6.92 Å². The van der Waals surface area contributed by atoms with Crippen molar-refractivity contribution in [2.75, 3.05) is 20.8 Å². The lowest BCUT2D eigenvalue weighted by molar-refractivity contribution is 0.267. The molecule has 1 N–H and O–H groups in total. The summed E-state index contributed by atoms with van der Waals surface area (Å²) >= 11 is 0. The second-order valence-corrected chi connectivity index (χ2v) is 4.39. The number of ether oxygens (including phenoxy) is 2. The monoisotopic (exact) mass is 277 g/mol. The van der Waals surface area contributed by atoms with E-state index in [0.29, 0.717) is 24.5 Å². The second-order valence-electron chi connectivity index (χ2n) is 4.39. The first kappa shape index (κ1) is 14.3. The lowest BCUT2D eigenvalue weighted by Crippen LogP contribution is -2.06. The van der Waals surface area contributed by atoms with E-state index in [1.54, 1.807) is 18.9 Å². The van der Waals surface area contributed by atoms with Crippen molar-refractivity contribution >= 4 is 0 Å². The molecule has 0 atom stereocenters. The van der Waals surface area contributed by atoms with E-state index in [0.717, 1.165) is 17.2 Å². The fraction of sp³-hybridized carbons (Fsp3) is 0.429. The highest BCUT2D eigenvalue weighted by Gasteiger charge is 2.09. The predicted molar refractivity (Wildman–Crippen MR) is 74.2 cm³/mol. The summed E-state index contributed by atoms with van der Waals surface area (Å²) in [5, 5.41) is 13.3. The number of benzene rings is 1. The van der Waals surface area contributed by atoms with Crippen molar-refractivity contribution < 1.29 is 14.6 Å². The highest BCUT2D eigenvalue weighted by atomic mass is 16.5. The highest BCUT2D eigenvalue weighted by Crippen LogP contribution is 2.28. The summed E-state index contributed by atoms with van der Waals surface area (Å²) in [4.78, 5) is 4.39. The Morgan fingerprint density at radius 2 is 1.95 bits per heavy atom. The second kappa shape index (κ2) is 6.38. The SMILES string of the molecule is COc1ccc(Cc2nc(C)n(CCO)n2)cc1OC. The van der Waals surface area contributed by atoms with Crippen LogP contribution in [0.5, 0.6) is 11.5 Å². The fourth-order valence-electron chi connectivity index (χ4n) is 2.03. The van der Waals surface area contributed by atoms with Gasteiger partial charge in [-0.25, -0.2) is 9.67 Å². The van der Waals surface area contributed by atoms with Crippen LogP contribution in [0.15, 0.2) is 18.2 Å².